The third-order valence-electron chi connectivity index (χ3n) is 3.32. The van der Waals surface area contributed by atoms with Gasteiger partial charge in [-0.25, -0.2) is 0 Å². The van der Waals surface area contributed by atoms with Crippen molar-refractivity contribution in [3.05, 3.63) is 11.6 Å². The van der Waals surface area contributed by atoms with Gasteiger partial charge in [-0.3, -0.25) is 4.79 Å². The highest BCUT2D eigenvalue weighted by molar-refractivity contribution is 7.80. The van der Waals surface area contributed by atoms with Gasteiger partial charge in [-0.15, -0.1) is 0 Å². The molecule has 0 radical (unpaired) electrons. The van der Waals surface area contributed by atoms with Crippen molar-refractivity contribution in [1.29, 1.82) is 5.26 Å². The molecule has 0 bridgehead atoms. The number of ketones is 1. The maximum atomic E-state index is 12.1. The largest absolute Gasteiger partial charge is 0.389 e. The predicted octanol–water partition coefficient (Wildman–Crippen LogP) is 0.878. The van der Waals surface area contributed by atoms with Gasteiger partial charge in [0.2, 0.25) is 0 Å². The Morgan fingerprint density at radius 1 is 1.65 bits per heavy atom. The first-order chi connectivity index (χ1) is 7.88. The molecule has 1 aliphatic heterocycles. The van der Waals surface area contributed by atoms with Gasteiger partial charge >= 0.3 is 0 Å². The van der Waals surface area contributed by atoms with Gasteiger partial charge in [0.05, 0.1) is 11.5 Å². The number of nitrogens with zero attached hydrogens (tertiary/aromatic N) is 2. The van der Waals surface area contributed by atoms with Gasteiger partial charge in [0, 0.05) is 18.5 Å². The van der Waals surface area contributed by atoms with E-state index in [1.54, 1.807) is 6.08 Å². The minimum absolute atomic E-state index is 0.0243. The molecule has 0 saturated carbocycles. The molecular formula is C12H17N3OS. The number of hydrogen-bond donors (Lipinski definition) is 1. The van der Waals surface area contributed by atoms with E-state index in [-0.39, 0.29) is 34.2 Å². The van der Waals surface area contributed by atoms with Crippen molar-refractivity contribution in [3.63, 3.8) is 0 Å². The van der Waals surface area contributed by atoms with Gasteiger partial charge in [0.15, 0.2) is 0 Å². The molecule has 1 heterocycles. The number of nitrogens with two attached hydrogens (primary N) is 1. The Bertz CT molecular complexity index is 410. The topological polar surface area (TPSA) is 70.1 Å². The van der Waals surface area contributed by atoms with Crippen LogP contribution < -0.4 is 5.73 Å². The third kappa shape index (κ3) is 2.90. The van der Waals surface area contributed by atoms with Crippen molar-refractivity contribution in [1.82, 2.24) is 4.90 Å². The first kappa shape index (κ1) is 13.8. The summed E-state index contributed by atoms with van der Waals surface area (Å²) in [6.07, 6.45) is 1.61. The maximum Gasteiger partial charge on any atom is 0.145 e. The van der Waals surface area contributed by atoms with Gasteiger partial charge in [-0.2, -0.15) is 5.26 Å². The molecule has 0 aromatic heterocycles. The molecule has 92 valence electrons. The molecule has 0 aromatic rings. The fraction of sp³-hybridized carbons (Fsp3) is 0.583. The van der Waals surface area contributed by atoms with E-state index in [0.717, 1.165) is 6.54 Å². The van der Waals surface area contributed by atoms with Gasteiger partial charge in [0.25, 0.3) is 0 Å². The molecule has 1 saturated heterocycles. The Balaban J connectivity index is 3.05. The number of thiocarbonyl (C=S) groups is 1. The van der Waals surface area contributed by atoms with Crippen molar-refractivity contribution < 1.29 is 4.79 Å². The molecule has 4 nitrogen and oxygen atoms in total. The number of hydrogen-bond acceptors (Lipinski definition) is 4. The standard InChI is InChI=1S/C12H17N3OS/c1-7-6-15(3)8(2)10(11(7)16)4-9(5-13)12(14)17/h4,7-8,10H,6H2,1-3H3,(H2,14,17)/b9-4+/t7-,8+,10-/m1/s1. The Kier molecular flexibility index (Phi) is 4.38. The van der Waals surface area contributed by atoms with Crippen molar-refractivity contribution in [2.24, 2.45) is 17.6 Å². The SMILES string of the molecule is C[C@@H]1CN(C)[C@@H](C)[C@@H](/C=C(\C#N)C(N)=S)C1=O. The highest BCUT2D eigenvalue weighted by Crippen LogP contribution is 2.25. The van der Waals surface area contributed by atoms with Gasteiger partial charge in [0.1, 0.15) is 16.8 Å². The number of carbonyl (C=O) groups is 1. The van der Waals surface area contributed by atoms with Crippen LogP contribution in [0.1, 0.15) is 13.8 Å². The van der Waals surface area contributed by atoms with E-state index in [4.69, 9.17) is 23.2 Å². The number of carbonyl (C=O) groups excluding carboxylic acids is 1. The average Bonchev–Trinajstić information content (AvgIpc) is 2.26. The third-order valence-corrected chi connectivity index (χ3v) is 3.54. The van der Waals surface area contributed by atoms with E-state index >= 15 is 0 Å². The molecule has 1 aliphatic rings. The van der Waals surface area contributed by atoms with Crippen molar-refractivity contribution in [2.45, 2.75) is 19.9 Å². The van der Waals surface area contributed by atoms with E-state index in [1.165, 1.54) is 0 Å². The van der Waals surface area contributed by atoms with Crippen molar-refractivity contribution in [3.8, 4) is 6.07 Å². The number of nitriles is 1. The second kappa shape index (κ2) is 5.39. The molecule has 0 aromatic carbocycles. The fourth-order valence-corrected chi connectivity index (χ4v) is 2.22. The Labute approximate surface area is 107 Å². The minimum atomic E-state index is -0.306. The van der Waals surface area contributed by atoms with Crippen LogP contribution >= 0.6 is 12.2 Å². The molecule has 1 rings (SSSR count). The molecule has 1 fully saturated rings. The quantitative estimate of drug-likeness (QED) is 0.448. The maximum absolute atomic E-state index is 12.1. The highest BCUT2D eigenvalue weighted by Gasteiger charge is 2.35. The zero-order valence-corrected chi connectivity index (χ0v) is 11.1. The number of piperidine rings is 1. The van der Waals surface area contributed by atoms with E-state index in [1.807, 2.05) is 27.0 Å². The molecule has 0 spiro atoms. The molecule has 2 N–H and O–H groups in total. The van der Waals surface area contributed by atoms with Crippen LogP contribution in [0.3, 0.4) is 0 Å². The molecule has 3 atom stereocenters. The molecule has 0 unspecified atom stereocenters. The lowest BCUT2D eigenvalue weighted by atomic mass is 9.82. The minimum Gasteiger partial charge on any atom is -0.389 e. The number of Topliss-reactive ketones (excluding diaryl/α,β-unsaturated/α-hetero) is 1. The summed E-state index contributed by atoms with van der Waals surface area (Å²) in [4.78, 5) is 14.3. The predicted molar refractivity (Wildman–Crippen MR) is 70.2 cm³/mol. The number of rotatable bonds is 2. The van der Waals surface area contributed by atoms with Crippen LogP contribution in [0, 0.1) is 23.2 Å². The normalized spacial score (nSPS) is 31.1. The van der Waals surface area contributed by atoms with E-state index in [0.29, 0.717) is 0 Å². The van der Waals surface area contributed by atoms with Crippen LogP contribution in [-0.4, -0.2) is 35.3 Å². The Morgan fingerprint density at radius 3 is 2.71 bits per heavy atom. The van der Waals surface area contributed by atoms with Crippen molar-refractivity contribution in [2.75, 3.05) is 13.6 Å². The molecule has 0 aliphatic carbocycles. The fourth-order valence-electron chi connectivity index (χ4n) is 2.10. The summed E-state index contributed by atoms with van der Waals surface area (Å²) in [7, 11) is 1.97. The van der Waals surface area contributed by atoms with E-state index in [9.17, 15) is 4.79 Å². The summed E-state index contributed by atoms with van der Waals surface area (Å²) in [5, 5.41) is 8.92. The lowest BCUT2D eigenvalue weighted by Gasteiger charge is -2.37. The molecule has 17 heavy (non-hydrogen) atoms. The summed E-state index contributed by atoms with van der Waals surface area (Å²) < 4.78 is 0. The van der Waals surface area contributed by atoms with Crippen LogP contribution in [0.2, 0.25) is 0 Å². The van der Waals surface area contributed by atoms with Crippen LogP contribution in [0.4, 0.5) is 0 Å². The zero-order valence-electron chi connectivity index (χ0n) is 10.3. The van der Waals surface area contributed by atoms with Gasteiger partial charge < -0.3 is 10.6 Å². The van der Waals surface area contributed by atoms with Crippen molar-refractivity contribution >= 4 is 23.0 Å². The van der Waals surface area contributed by atoms with E-state index in [2.05, 4.69) is 4.90 Å². The van der Waals surface area contributed by atoms with Crippen LogP contribution in [0.25, 0.3) is 0 Å². The second-order valence-electron chi connectivity index (χ2n) is 4.57. The van der Waals surface area contributed by atoms with Crippen LogP contribution in [0.5, 0.6) is 0 Å². The zero-order chi connectivity index (χ0) is 13.2. The molecule has 5 heteroatoms. The summed E-state index contributed by atoms with van der Waals surface area (Å²) in [5.41, 5.74) is 5.67. The van der Waals surface area contributed by atoms with E-state index < -0.39 is 0 Å². The molecular weight excluding hydrogens is 234 g/mol. The van der Waals surface area contributed by atoms with Crippen LogP contribution in [0.15, 0.2) is 11.6 Å². The lowest BCUT2D eigenvalue weighted by Crippen LogP contribution is -2.49. The Hall–Kier alpha value is -1.25. The average molecular weight is 251 g/mol. The Morgan fingerprint density at radius 2 is 2.24 bits per heavy atom. The summed E-state index contributed by atoms with van der Waals surface area (Å²) >= 11 is 4.78. The summed E-state index contributed by atoms with van der Waals surface area (Å²) in [5.74, 6) is -0.178. The highest BCUT2D eigenvalue weighted by atomic mass is 32.1. The summed E-state index contributed by atoms with van der Waals surface area (Å²) in [6.45, 7) is 4.62. The summed E-state index contributed by atoms with van der Waals surface area (Å²) in [6, 6.07) is 2.01. The smallest absolute Gasteiger partial charge is 0.145 e. The second-order valence-corrected chi connectivity index (χ2v) is 5.01. The molecule has 0 amide bonds. The van der Waals surface area contributed by atoms with Gasteiger partial charge in [-0.1, -0.05) is 25.2 Å². The van der Waals surface area contributed by atoms with Crippen LogP contribution in [-0.2, 0) is 4.79 Å². The monoisotopic (exact) mass is 251 g/mol. The first-order valence-corrected chi connectivity index (χ1v) is 5.95. The number of likely N-dealkylation sites (tertiary alicyclic amines) is 1. The first-order valence-electron chi connectivity index (χ1n) is 5.54. The lowest BCUT2D eigenvalue weighted by molar-refractivity contribution is -0.130. The van der Waals surface area contributed by atoms with Gasteiger partial charge in [-0.05, 0) is 14.0 Å².